The maximum absolute atomic E-state index is 12.7. The summed E-state index contributed by atoms with van der Waals surface area (Å²) in [4.78, 5) is 49.6. The van der Waals surface area contributed by atoms with E-state index in [1.807, 2.05) is 6.92 Å². The first-order valence-electron chi connectivity index (χ1n) is 9.37. The number of aryl methyl sites for hydroxylation is 1. The fraction of sp³-hybridized carbons (Fsp3) is 0.333. The second-order valence-corrected chi connectivity index (χ2v) is 8.57. The standard InChI is InChI=1S/C21H20N2O5S/c1-10-11(2)29-20(23-19(26)12-3-4-12)18(10)21(27)28-9-16(24)13-5-6-15-14(7-13)8-17(25)22-15/h5-7,12H,3-4,8-9H2,1-2H3,(H,22,25)(H,23,26). The maximum atomic E-state index is 12.7. The summed E-state index contributed by atoms with van der Waals surface area (Å²) in [5.41, 5.74) is 2.87. The molecule has 1 aliphatic heterocycles. The van der Waals surface area contributed by atoms with Crippen LogP contribution in [0.3, 0.4) is 0 Å². The molecule has 1 aromatic heterocycles. The average molecular weight is 412 g/mol. The lowest BCUT2D eigenvalue weighted by atomic mass is 10.1. The largest absolute Gasteiger partial charge is 0.454 e. The molecule has 0 radical (unpaired) electrons. The fourth-order valence-electron chi connectivity index (χ4n) is 3.21. The number of hydrogen-bond acceptors (Lipinski definition) is 6. The monoisotopic (exact) mass is 412 g/mol. The second kappa shape index (κ2) is 7.44. The summed E-state index contributed by atoms with van der Waals surface area (Å²) >= 11 is 1.33. The number of hydrogen-bond donors (Lipinski definition) is 2. The van der Waals surface area contributed by atoms with Gasteiger partial charge >= 0.3 is 5.97 Å². The second-order valence-electron chi connectivity index (χ2n) is 7.35. The van der Waals surface area contributed by atoms with Crippen molar-refractivity contribution in [3.8, 4) is 0 Å². The molecule has 0 spiro atoms. The topological polar surface area (TPSA) is 102 Å². The van der Waals surface area contributed by atoms with E-state index in [0.717, 1.165) is 28.8 Å². The summed E-state index contributed by atoms with van der Waals surface area (Å²) in [5.74, 6) is -1.17. The van der Waals surface area contributed by atoms with E-state index in [9.17, 15) is 19.2 Å². The summed E-state index contributed by atoms with van der Waals surface area (Å²) in [6.07, 6.45) is 1.96. The minimum absolute atomic E-state index is 0.0179. The first-order valence-corrected chi connectivity index (χ1v) is 10.2. The predicted octanol–water partition coefficient (Wildman–Crippen LogP) is 3.25. The molecule has 150 valence electrons. The summed E-state index contributed by atoms with van der Waals surface area (Å²) in [6, 6.07) is 4.92. The lowest BCUT2D eigenvalue weighted by Gasteiger charge is -2.08. The number of carbonyl (C=O) groups excluding carboxylic acids is 4. The Labute approximate surface area is 171 Å². The Balaban J connectivity index is 1.44. The number of anilines is 2. The van der Waals surface area contributed by atoms with Crippen LogP contribution in [0.4, 0.5) is 10.7 Å². The highest BCUT2D eigenvalue weighted by atomic mass is 32.1. The Morgan fingerprint density at radius 3 is 2.72 bits per heavy atom. The fourth-order valence-corrected chi connectivity index (χ4v) is 4.26. The molecule has 0 saturated heterocycles. The van der Waals surface area contributed by atoms with Crippen molar-refractivity contribution in [2.45, 2.75) is 33.1 Å². The number of fused-ring (bicyclic) bond motifs is 1. The van der Waals surface area contributed by atoms with Gasteiger partial charge in [0.25, 0.3) is 0 Å². The van der Waals surface area contributed by atoms with Crippen LogP contribution in [0.25, 0.3) is 0 Å². The first kappa shape index (κ1) is 19.3. The normalized spacial score (nSPS) is 14.9. The van der Waals surface area contributed by atoms with Crippen LogP contribution >= 0.6 is 11.3 Å². The third kappa shape index (κ3) is 3.93. The summed E-state index contributed by atoms with van der Waals surface area (Å²) in [7, 11) is 0. The van der Waals surface area contributed by atoms with Crippen molar-refractivity contribution in [2.24, 2.45) is 5.92 Å². The number of amides is 2. The van der Waals surface area contributed by atoms with Gasteiger partial charge in [-0.15, -0.1) is 11.3 Å². The number of ketones is 1. The Morgan fingerprint density at radius 1 is 1.24 bits per heavy atom. The van der Waals surface area contributed by atoms with Crippen LogP contribution in [0, 0.1) is 19.8 Å². The van der Waals surface area contributed by atoms with Crippen molar-refractivity contribution in [1.29, 1.82) is 0 Å². The molecule has 0 unspecified atom stereocenters. The van der Waals surface area contributed by atoms with Crippen molar-refractivity contribution in [1.82, 2.24) is 0 Å². The molecule has 1 fully saturated rings. The SMILES string of the molecule is Cc1sc(NC(=O)C2CC2)c(C(=O)OCC(=O)c2ccc3c(c2)CC(=O)N3)c1C. The van der Waals surface area contributed by atoms with Gasteiger partial charge in [-0.3, -0.25) is 14.4 Å². The van der Waals surface area contributed by atoms with Gasteiger partial charge in [0.2, 0.25) is 11.8 Å². The van der Waals surface area contributed by atoms with Gasteiger partial charge in [-0.2, -0.15) is 0 Å². The summed E-state index contributed by atoms with van der Waals surface area (Å²) in [5, 5.41) is 6.00. The van der Waals surface area contributed by atoms with Crippen molar-refractivity contribution in [2.75, 3.05) is 17.2 Å². The van der Waals surface area contributed by atoms with E-state index in [0.29, 0.717) is 21.8 Å². The molecule has 4 rings (SSSR count). The number of Topliss-reactive ketones (excluding diaryl/α,β-unsaturated/α-hetero) is 1. The number of esters is 1. The molecule has 2 N–H and O–H groups in total. The zero-order chi connectivity index (χ0) is 20.7. The minimum Gasteiger partial charge on any atom is -0.454 e. The first-order chi connectivity index (χ1) is 13.8. The molecule has 7 nitrogen and oxygen atoms in total. The number of rotatable bonds is 6. The van der Waals surface area contributed by atoms with Gasteiger partial charge in [0.05, 0.1) is 12.0 Å². The molecule has 2 amide bonds. The van der Waals surface area contributed by atoms with Crippen molar-refractivity contribution >= 4 is 45.6 Å². The van der Waals surface area contributed by atoms with Crippen LogP contribution < -0.4 is 10.6 Å². The third-order valence-electron chi connectivity index (χ3n) is 5.16. The van der Waals surface area contributed by atoms with E-state index in [-0.39, 0.29) is 29.9 Å². The Kier molecular flexibility index (Phi) is 4.96. The summed E-state index contributed by atoms with van der Waals surface area (Å²) in [6.45, 7) is 3.25. The predicted molar refractivity (Wildman–Crippen MR) is 109 cm³/mol. The van der Waals surface area contributed by atoms with Gasteiger partial charge in [-0.1, -0.05) is 0 Å². The molecule has 29 heavy (non-hydrogen) atoms. The van der Waals surface area contributed by atoms with Crippen molar-refractivity contribution in [3.05, 3.63) is 45.3 Å². The lowest BCUT2D eigenvalue weighted by Crippen LogP contribution is -2.18. The quantitative estimate of drug-likeness (QED) is 0.560. The van der Waals surface area contributed by atoms with E-state index in [4.69, 9.17) is 4.74 Å². The Morgan fingerprint density at radius 2 is 2.00 bits per heavy atom. The number of benzene rings is 1. The third-order valence-corrected chi connectivity index (χ3v) is 6.28. The summed E-state index contributed by atoms with van der Waals surface area (Å²) < 4.78 is 5.26. The number of thiophene rings is 1. The zero-order valence-electron chi connectivity index (χ0n) is 16.1. The molecule has 8 heteroatoms. The van der Waals surface area contributed by atoms with Crippen LogP contribution in [0.1, 0.15) is 49.6 Å². The molecule has 2 aliphatic rings. The van der Waals surface area contributed by atoms with E-state index >= 15 is 0 Å². The average Bonchev–Trinajstić information content (AvgIpc) is 3.41. The molecular formula is C21H20N2O5S. The molecular weight excluding hydrogens is 392 g/mol. The van der Waals surface area contributed by atoms with Gasteiger partial charge < -0.3 is 15.4 Å². The zero-order valence-corrected chi connectivity index (χ0v) is 16.9. The Hall–Kier alpha value is -3.00. The van der Waals surface area contributed by atoms with Crippen LogP contribution in [0.2, 0.25) is 0 Å². The molecule has 2 aromatic rings. The van der Waals surface area contributed by atoms with Gasteiger partial charge in [-0.05, 0) is 56.0 Å². The minimum atomic E-state index is -0.635. The molecule has 2 heterocycles. The van der Waals surface area contributed by atoms with Crippen LogP contribution in [0.15, 0.2) is 18.2 Å². The molecule has 1 aliphatic carbocycles. The van der Waals surface area contributed by atoms with E-state index in [1.54, 1.807) is 25.1 Å². The van der Waals surface area contributed by atoms with Crippen molar-refractivity contribution < 1.29 is 23.9 Å². The van der Waals surface area contributed by atoms with E-state index in [1.165, 1.54) is 11.3 Å². The number of carbonyl (C=O) groups is 4. The molecule has 1 saturated carbocycles. The highest BCUT2D eigenvalue weighted by molar-refractivity contribution is 7.16. The Bertz CT molecular complexity index is 1050. The van der Waals surface area contributed by atoms with Gasteiger partial charge in [0.1, 0.15) is 5.00 Å². The molecule has 0 bridgehead atoms. The van der Waals surface area contributed by atoms with Gasteiger partial charge in [0, 0.05) is 22.0 Å². The van der Waals surface area contributed by atoms with E-state index in [2.05, 4.69) is 10.6 Å². The number of ether oxygens (including phenoxy) is 1. The number of nitrogens with one attached hydrogen (secondary N) is 2. The highest BCUT2D eigenvalue weighted by Gasteiger charge is 2.32. The highest BCUT2D eigenvalue weighted by Crippen LogP contribution is 2.36. The van der Waals surface area contributed by atoms with Crippen LogP contribution in [0.5, 0.6) is 0 Å². The smallest absolute Gasteiger partial charge is 0.341 e. The van der Waals surface area contributed by atoms with Gasteiger partial charge in [-0.25, -0.2) is 4.79 Å². The molecule has 1 aromatic carbocycles. The van der Waals surface area contributed by atoms with Crippen molar-refractivity contribution in [3.63, 3.8) is 0 Å². The van der Waals surface area contributed by atoms with E-state index < -0.39 is 12.6 Å². The van der Waals surface area contributed by atoms with Crippen LogP contribution in [-0.4, -0.2) is 30.2 Å². The lowest BCUT2D eigenvalue weighted by molar-refractivity contribution is -0.117. The van der Waals surface area contributed by atoms with Gasteiger partial charge in [0.15, 0.2) is 12.4 Å². The molecule has 0 atom stereocenters. The maximum Gasteiger partial charge on any atom is 0.341 e. The van der Waals surface area contributed by atoms with Crippen LogP contribution in [-0.2, 0) is 20.7 Å².